The Kier molecular flexibility index (Phi) is 7.60. The van der Waals surface area contributed by atoms with E-state index in [1.807, 2.05) is 0 Å². The van der Waals surface area contributed by atoms with Crippen molar-refractivity contribution in [2.24, 2.45) is 0 Å². The fourth-order valence-corrected chi connectivity index (χ4v) is 1.47. The molecule has 22 heavy (non-hydrogen) atoms. The van der Waals surface area contributed by atoms with E-state index >= 15 is 0 Å². The Labute approximate surface area is 145 Å². The zero-order chi connectivity index (χ0) is 17.7. The third-order valence-electron chi connectivity index (χ3n) is 2.19. The number of hydrogen-bond donors (Lipinski definition) is 0. The summed E-state index contributed by atoms with van der Waals surface area (Å²) in [5, 5.41) is 0. The maximum atomic E-state index is 12.2. The second-order valence-electron chi connectivity index (χ2n) is 6.79. The van der Waals surface area contributed by atoms with Crippen LogP contribution in [0.25, 0.3) is 0 Å². The summed E-state index contributed by atoms with van der Waals surface area (Å²) in [4.78, 5) is 37.8. The molecule has 0 heterocycles. The van der Waals surface area contributed by atoms with E-state index in [1.165, 1.54) is 4.90 Å². The monoisotopic (exact) mass is 428 g/mol. The van der Waals surface area contributed by atoms with Gasteiger partial charge in [-0.1, -0.05) is 0 Å². The lowest BCUT2D eigenvalue weighted by Crippen LogP contribution is -2.46. The lowest BCUT2D eigenvalue weighted by molar-refractivity contribution is 0.000799. The molecule has 0 rings (SSSR count). The number of amides is 3. The minimum Gasteiger partial charge on any atom is -0.443 e. The Bertz CT molecular complexity index is 398. The molecule has 0 aliphatic rings. The summed E-state index contributed by atoms with van der Waals surface area (Å²) in [6.45, 7) is 10.4. The van der Waals surface area contributed by atoms with Crippen molar-refractivity contribution in [3.8, 4) is 0 Å². The van der Waals surface area contributed by atoms with Crippen molar-refractivity contribution in [2.75, 3.05) is 20.1 Å². The molecule has 0 saturated heterocycles. The van der Waals surface area contributed by atoms with Gasteiger partial charge < -0.3 is 14.4 Å². The number of hydrogen-bond acceptors (Lipinski definition) is 5. The van der Waals surface area contributed by atoms with Crippen LogP contribution in [0.15, 0.2) is 0 Å². The van der Waals surface area contributed by atoms with Crippen molar-refractivity contribution in [2.45, 2.75) is 52.7 Å². The third kappa shape index (κ3) is 9.06. The smallest absolute Gasteiger partial charge is 0.419 e. The molecule has 0 aliphatic heterocycles. The Morgan fingerprint density at radius 3 is 1.50 bits per heavy atom. The van der Waals surface area contributed by atoms with Crippen LogP contribution in [0.2, 0.25) is 0 Å². The van der Waals surface area contributed by atoms with Gasteiger partial charge in [0.1, 0.15) is 11.2 Å². The van der Waals surface area contributed by atoms with E-state index in [0.717, 1.165) is 4.90 Å². The van der Waals surface area contributed by atoms with Crippen molar-refractivity contribution in [1.82, 2.24) is 9.80 Å². The van der Waals surface area contributed by atoms with Crippen molar-refractivity contribution in [3.63, 3.8) is 0 Å². The largest absolute Gasteiger partial charge is 0.443 e. The third-order valence-corrected chi connectivity index (χ3v) is 3.01. The van der Waals surface area contributed by atoms with Gasteiger partial charge in [-0.15, -0.1) is 0 Å². The topological polar surface area (TPSA) is 76.2 Å². The summed E-state index contributed by atoms with van der Waals surface area (Å²) in [7, 11) is 1.58. The number of rotatable bonds is 3. The van der Waals surface area contributed by atoms with Gasteiger partial charge in [0, 0.05) is 36.2 Å². The summed E-state index contributed by atoms with van der Waals surface area (Å²) in [6, 6.07) is 0. The first-order valence-corrected chi connectivity index (χ1v) is 7.95. The molecule has 3 amide bonds. The molecule has 128 valence electrons. The summed E-state index contributed by atoms with van der Waals surface area (Å²) < 4.78 is 10.2. The highest BCUT2D eigenvalue weighted by Gasteiger charge is 2.31. The van der Waals surface area contributed by atoms with Crippen LogP contribution in [-0.4, -0.2) is 57.2 Å². The maximum absolute atomic E-state index is 12.2. The van der Waals surface area contributed by atoms with Gasteiger partial charge in [-0.05, 0) is 41.5 Å². The normalized spacial score (nSPS) is 11.6. The van der Waals surface area contributed by atoms with Crippen molar-refractivity contribution in [1.29, 1.82) is 0 Å². The molecule has 0 fully saturated rings. The average Bonchev–Trinajstić information content (AvgIpc) is 2.23. The molecule has 0 unspecified atom stereocenters. The fraction of sp³-hybridized carbons (Fsp3) is 0.786. The highest BCUT2D eigenvalue weighted by molar-refractivity contribution is 14.1. The minimum absolute atomic E-state index is 0.00489. The van der Waals surface area contributed by atoms with Gasteiger partial charge in [0.25, 0.3) is 3.91 Å². The quantitative estimate of drug-likeness (QED) is 0.390. The van der Waals surface area contributed by atoms with Crippen molar-refractivity contribution in [3.05, 3.63) is 0 Å². The van der Waals surface area contributed by atoms with E-state index in [0.29, 0.717) is 0 Å². The van der Waals surface area contributed by atoms with Crippen molar-refractivity contribution >= 4 is 38.7 Å². The SMILES string of the molecule is CN(CCN(C(=O)OC(C)(C)C)C(=O)OC(C)(C)C)C(=O)I. The van der Waals surface area contributed by atoms with Gasteiger partial charge in [-0.2, -0.15) is 0 Å². The highest BCUT2D eigenvalue weighted by Crippen LogP contribution is 2.14. The number of imide groups is 1. The number of carbonyl (C=O) groups is 3. The van der Waals surface area contributed by atoms with Gasteiger partial charge in [-0.3, -0.25) is 4.79 Å². The highest BCUT2D eigenvalue weighted by atomic mass is 127. The number of ether oxygens (including phenoxy) is 2. The molecule has 0 spiro atoms. The van der Waals surface area contributed by atoms with Crippen LogP contribution in [0, 0.1) is 0 Å². The molecule has 0 radical (unpaired) electrons. The van der Waals surface area contributed by atoms with E-state index < -0.39 is 23.4 Å². The van der Waals surface area contributed by atoms with Crippen LogP contribution >= 0.6 is 22.6 Å². The molecular formula is C14H25IN2O5. The predicted octanol–water partition coefficient (Wildman–Crippen LogP) is 3.65. The van der Waals surface area contributed by atoms with Crippen LogP contribution in [-0.2, 0) is 9.47 Å². The zero-order valence-corrected chi connectivity index (χ0v) is 16.4. The molecular weight excluding hydrogens is 403 g/mol. The molecule has 0 atom stereocenters. The Morgan fingerprint density at radius 1 is 0.864 bits per heavy atom. The van der Waals surface area contributed by atoms with Crippen LogP contribution in [0.1, 0.15) is 41.5 Å². The maximum Gasteiger partial charge on any atom is 0.419 e. The number of nitrogens with zero attached hydrogens (tertiary/aromatic N) is 2. The number of carbonyl (C=O) groups excluding carboxylic acids is 3. The van der Waals surface area contributed by atoms with Crippen LogP contribution in [0.3, 0.4) is 0 Å². The zero-order valence-electron chi connectivity index (χ0n) is 14.2. The van der Waals surface area contributed by atoms with E-state index in [2.05, 4.69) is 0 Å². The number of likely N-dealkylation sites (N-methyl/N-ethyl adjacent to an activating group) is 1. The molecule has 0 aromatic heterocycles. The molecule has 0 aromatic carbocycles. The molecule has 0 bridgehead atoms. The second-order valence-corrected chi connectivity index (χ2v) is 7.71. The second kappa shape index (κ2) is 7.98. The lowest BCUT2D eigenvalue weighted by Gasteiger charge is -2.29. The molecule has 0 saturated carbocycles. The lowest BCUT2D eigenvalue weighted by atomic mass is 10.2. The van der Waals surface area contributed by atoms with E-state index in [9.17, 15) is 14.4 Å². The molecule has 7 nitrogen and oxygen atoms in total. The molecule has 0 aromatic rings. The van der Waals surface area contributed by atoms with Gasteiger partial charge in [0.2, 0.25) is 0 Å². The van der Waals surface area contributed by atoms with E-state index in [1.54, 1.807) is 71.2 Å². The van der Waals surface area contributed by atoms with Gasteiger partial charge in [0.05, 0.1) is 6.54 Å². The summed E-state index contributed by atoms with van der Waals surface area (Å²) in [5.41, 5.74) is -1.47. The van der Waals surface area contributed by atoms with Gasteiger partial charge >= 0.3 is 12.2 Å². The summed E-state index contributed by atoms with van der Waals surface area (Å²) in [6.07, 6.45) is -1.59. The molecule has 0 aliphatic carbocycles. The molecule has 0 N–H and O–H groups in total. The fourth-order valence-electron chi connectivity index (χ4n) is 1.23. The first kappa shape index (κ1) is 20.9. The predicted molar refractivity (Wildman–Crippen MR) is 91.2 cm³/mol. The molecule has 8 heteroatoms. The summed E-state index contributed by atoms with van der Waals surface area (Å²) >= 11 is 1.63. The summed E-state index contributed by atoms with van der Waals surface area (Å²) in [5.74, 6) is 0. The average molecular weight is 428 g/mol. The van der Waals surface area contributed by atoms with E-state index in [4.69, 9.17) is 9.47 Å². The van der Waals surface area contributed by atoms with Gasteiger partial charge in [-0.25, -0.2) is 14.5 Å². The Morgan fingerprint density at radius 2 is 1.23 bits per heavy atom. The standard InChI is InChI=1S/C14H25IN2O5/c1-13(2,3)21-11(19)17(9-8-16(7)10(15)18)12(20)22-14(4,5)6/h8-9H2,1-7H3. The van der Waals surface area contributed by atoms with Crippen LogP contribution in [0.5, 0.6) is 0 Å². The minimum atomic E-state index is -0.795. The Balaban J connectivity index is 5.02. The first-order chi connectivity index (χ1) is 9.73. The number of halogens is 1. The first-order valence-electron chi connectivity index (χ1n) is 6.87. The van der Waals surface area contributed by atoms with Crippen LogP contribution < -0.4 is 0 Å². The van der Waals surface area contributed by atoms with Gasteiger partial charge in [0.15, 0.2) is 0 Å². The van der Waals surface area contributed by atoms with Crippen molar-refractivity contribution < 1.29 is 23.9 Å². The van der Waals surface area contributed by atoms with Crippen LogP contribution in [0.4, 0.5) is 14.4 Å². The van der Waals surface area contributed by atoms with E-state index in [-0.39, 0.29) is 17.0 Å². The Hall–Kier alpha value is -1.06.